The zero-order valence-corrected chi connectivity index (χ0v) is 10.3. The molecule has 0 aliphatic carbocycles. The number of hydrogen-bond donors (Lipinski definition) is 1. The molecule has 3 heteroatoms. The van der Waals surface area contributed by atoms with Gasteiger partial charge in [0.15, 0.2) is 0 Å². The first-order valence-electron chi connectivity index (χ1n) is 5.19. The maximum atomic E-state index is 11.7. The predicted molar refractivity (Wildman–Crippen MR) is 70.5 cm³/mol. The molecule has 0 aliphatic rings. The lowest BCUT2D eigenvalue weighted by molar-refractivity contribution is 0.0601. The van der Waals surface area contributed by atoms with Crippen molar-refractivity contribution in [3.63, 3.8) is 0 Å². The van der Waals surface area contributed by atoms with E-state index in [4.69, 9.17) is 4.74 Å². The minimum atomic E-state index is -0.336. The third-order valence-electron chi connectivity index (χ3n) is 2.49. The SMILES string of the molecule is COC(=O)c1ccc(S)cc1-c1ccccc1. The molecular formula is C14H12O2S. The van der Waals surface area contributed by atoms with Crippen LogP contribution in [0.3, 0.4) is 0 Å². The maximum absolute atomic E-state index is 11.7. The summed E-state index contributed by atoms with van der Waals surface area (Å²) in [6.45, 7) is 0. The molecule has 0 aliphatic heterocycles. The Morgan fingerprint density at radius 3 is 2.47 bits per heavy atom. The summed E-state index contributed by atoms with van der Waals surface area (Å²) in [6, 6.07) is 15.1. The first-order chi connectivity index (χ1) is 8.22. The molecule has 0 amide bonds. The Morgan fingerprint density at radius 2 is 1.82 bits per heavy atom. The van der Waals surface area contributed by atoms with E-state index in [1.807, 2.05) is 36.4 Å². The Morgan fingerprint density at radius 1 is 1.12 bits per heavy atom. The van der Waals surface area contributed by atoms with Gasteiger partial charge in [-0.1, -0.05) is 30.3 Å². The molecule has 0 saturated carbocycles. The number of thiol groups is 1. The Labute approximate surface area is 106 Å². The molecule has 0 aromatic heterocycles. The summed E-state index contributed by atoms with van der Waals surface area (Å²) in [5.74, 6) is -0.336. The van der Waals surface area contributed by atoms with E-state index in [9.17, 15) is 4.79 Å². The molecule has 0 atom stereocenters. The maximum Gasteiger partial charge on any atom is 0.338 e. The molecule has 0 fully saturated rings. The van der Waals surface area contributed by atoms with Gasteiger partial charge in [-0.15, -0.1) is 12.6 Å². The molecule has 0 heterocycles. The second kappa shape index (κ2) is 5.06. The van der Waals surface area contributed by atoms with Crippen LogP contribution in [0.15, 0.2) is 53.4 Å². The number of esters is 1. The fourth-order valence-corrected chi connectivity index (χ4v) is 1.88. The Bertz CT molecular complexity index is 535. The average molecular weight is 244 g/mol. The number of methoxy groups -OCH3 is 1. The van der Waals surface area contributed by atoms with Crippen LogP contribution in [-0.2, 0) is 4.74 Å². The first kappa shape index (κ1) is 11.7. The lowest BCUT2D eigenvalue weighted by Gasteiger charge is -2.08. The van der Waals surface area contributed by atoms with Crippen LogP contribution < -0.4 is 0 Å². The monoisotopic (exact) mass is 244 g/mol. The van der Waals surface area contributed by atoms with Gasteiger partial charge in [0.05, 0.1) is 12.7 Å². The molecular weight excluding hydrogens is 232 g/mol. The summed E-state index contributed by atoms with van der Waals surface area (Å²) < 4.78 is 4.77. The highest BCUT2D eigenvalue weighted by atomic mass is 32.1. The van der Waals surface area contributed by atoms with Crippen LogP contribution >= 0.6 is 12.6 Å². The number of ether oxygens (including phenoxy) is 1. The van der Waals surface area contributed by atoms with Crippen molar-refractivity contribution >= 4 is 18.6 Å². The topological polar surface area (TPSA) is 26.3 Å². The predicted octanol–water partition coefficient (Wildman–Crippen LogP) is 3.43. The van der Waals surface area contributed by atoms with Crippen molar-refractivity contribution in [3.05, 3.63) is 54.1 Å². The van der Waals surface area contributed by atoms with E-state index in [0.717, 1.165) is 16.0 Å². The summed E-state index contributed by atoms with van der Waals surface area (Å²) in [5.41, 5.74) is 2.37. The zero-order chi connectivity index (χ0) is 12.3. The summed E-state index contributed by atoms with van der Waals surface area (Å²) in [6.07, 6.45) is 0. The van der Waals surface area contributed by atoms with Crippen LogP contribution in [0.4, 0.5) is 0 Å². The molecule has 2 aromatic carbocycles. The molecule has 0 saturated heterocycles. The van der Waals surface area contributed by atoms with Crippen molar-refractivity contribution in [3.8, 4) is 11.1 Å². The highest BCUT2D eigenvalue weighted by Gasteiger charge is 2.12. The molecule has 0 unspecified atom stereocenters. The van der Waals surface area contributed by atoms with Crippen molar-refractivity contribution in [2.24, 2.45) is 0 Å². The number of carbonyl (C=O) groups is 1. The molecule has 2 nitrogen and oxygen atoms in total. The highest BCUT2D eigenvalue weighted by molar-refractivity contribution is 7.80. The summed E-state index contributed by atoms with van der Waals surface area (Å²) >= 11 is 4.30. The third-order valence-corrected chi connectivity index (χ3v) is 2.77. The minimum Gasteiger partial charge on any atom is -0.465 e. The van der Waals surface area contributed by atoms with Gasteiger partial charge in [-0.2, -0.15) is 0 Å². The van der Waals surface area contributed by atoms with Crippen LogP contribution in [0.25, 0.3) is 11.1 Å². The van der Waals surface area contributed by atoms with Crippen LogP contribution in [0, 0.1) is 0 Å². The van der Waals surface area contributed by atoms with E-state index in [1.165, 1.54) is 7.11 Å². The van der Waals surface area contributed by atoms with Gasteiger partial charge in [-0.25, -0.2) is 4.79 Å². The summed E-state index contributed by atoms with van der Waals surface area (Å²) in [5, 5.41) is 0. The van der Waals surface area contributed by atoms with Gasteiger partial charge in [-0.05, 0) is 29.3 Å². The third kappa shape index (κ3) is 2.50. The molecule has 86 valence electrons. The zero-order valence-electron chi connectivity index (χ0n) is 9.38. The Hall–Kier alpha value is -1.74. The molecule has 0 radical (unpaired) electrons. The molecule has 0 spiro atoms. The Kier molecular flexibility index (Phi) is 3.49. The molecule has 0 N–H and O–H groups in total. The lowest BCUT2D eigenvalue weighted by atomic mass is 10.00. The number of hydrogen-bond acceptors (Lipinski definition) is 3. The second-order valence-corrected chi connectivity index (χ2v) is 4.10. The van der Waals surface area contributed by atoms with Gasteiger partial charge in [-0.3, -0.25) is 0 Å². The van der Waals surface area contributed by atoms with Crippen LogP contribution in [0.1, 0.15) is 10.4 Å². The lowest BCUT2D eigenvalue weighted by Crippen LogP contribution is -2.03. The highest BCUT2D eigenvalue weighted by Crippen LogP contribution is 2.26. The van der Waals surface area contributed by atoms with Crippen molar-refractivity contribution in [1.29, 1.82) is 0 Å². The number of carbonyl (C=O) groups excluding carboxylic acids is 1. The van der Waals surface area contributed by atoms with Crippen LogP contribution in [0.2, 0.25) is 0 Å². The second-order valence-electron chi connectivity index (χ2n) is 3.59. The van der Waals surface area contributed by atoms with Gasteiger partial charge >= 0.3 is 5.97 Å². The van der Waals surface area contributed by atoms with Gasteiger partial charge in [0.25, 0.3) is 0 Å². The van der Waals surface area contributed by atoms with Crippen molar-refractivity contribution in [2.45, 2.75) is 4.90 Å². The smallest absolute Gasteiger partial charge is 0.338 e. The summed E-state index contributed by atoms with van der Waals surface area (Å²) in [4.78, 5) is 12.5. The summed E-state index contributed by atoms with van der Waals surface area (Å²) in [7, 11) is 1.38. The fourth-order valence-electron chi connectivity index (χ4n) is 1.68. The standard InChI is InChI=1S/C14H12O2S/c1-16-14(15)12-8-7-11(17)9-13(12)10-5-3-2-4-6-10/h2-9,17H,1H3. The molecule has 17 heavy (non-hydrogen) atoms. The molecule has 0 bridgehead atoms. The molecule has 2 rings (SSSR count). The van der Waals surface area contributed by atoms with E-state index in [0.29, 0.717) is 5.56 Å². The Balaban J connectivity index is 2.59. The quantitative estimate of drug-likeness (QED) is 0.647. The van der Waals surface area contributed by atoms with Crippen molar-refractivity contribution in [1.82, 2.24) is 0 Å². The van der Waals surface area contributed by atoms with Crippen LogP contribution in [0.5, 0.6) is 0 Å². The first-order valence-corrected chi connectivity index (χ1v) is 5.64. The van der Waals surface area contributed by atoms with E-state index < -0.39 is 0 Å². The van der Waals surface area contributed by atoms with Gasteiger partial charge < -0.3 is 4.74 Å². The van der Waals surface area contributed by atoms with Crippen LogP contribution in [-0.4, -0.2) is 13.1 Å². The minimum absolute atomic E-state index is 0.336. The van der Waals surface area contributed by atoms with E-state index in [2.05, 4.69) is 12.6 Å². The van der Waals surface area contributed by atoms with E-state index in [-0.39, 0.29) is 5.97 Å². The fraction of sp³-hybridized carbons (Fsp3) is 0.0714. The average Bonchev–Trinajstić information content (AvgIpc) is 2.39. The number of rotatable bonds is 2. The van der Waals surface area contributed by atoms with E-state index in [1.54, 1.807) is 12.1 Å². The van der Waals surface area contributed by atoms with E-state index >= 15 is 0 Å². The number of benzene rings is 2. The molecule has 2 aromatic rings. The van der Waals surface area contributed by atoms with Crippen molar-refractivity contribution < 1.29 is 9.53 Å². The van der Waals surface area contributed by atoms with Crippen molar-refractivity contribution in [2.75, 3.05) is 7.11 Å². The van der Waals surface area contributed by atoms with Gasteiger partial charge in [0.1, 0.15) is 0 Å². The normalized spacial score (nSPS) is 10.0. The van der Waals surface area contributed by atoms with Gasteiger partial charge in [0.2, 0.25) is 0 Å². The largest absolute Gasteiger partial charge is 0.465 e. The van der Waals surface area contributed by atoms with Gasteiger partial charge in [0, 0.05) is 4.90 Å².